The Bertz CT molecular complexity index is 1140. The van der Waals surface area contributed by atoms with Crippen molar-refractivity contribution in [3.63, 3.8) is 0 Å². The van der Waals surface area contributed by atoms with Gasteiger partial charge < -0.3 is 20.9 Å². The molecule has 0 aromatic carbocycles. The number of ether oxygens (including phenoxy) is 1. The van der Waals surface area contributed by atoms with Gasteiger partial charge in [-0.25, -0.2) is 9.97 Å². The second-order valence-corrected chi connectivity index (χ2v) is 9.21. The molecule has 5 rings (SSSR count). The molecule has 1 aliphatic heterocycles. The number of nitrogens with zero attached hydrogens (tertiary/aromatic N) is 3. The number of aliphatic carboxylic acids is 1. The molecule has 31 heavy (non-hydrogen) atoms. The van der Waals surface area contributed by atoms with E-state index in [1.165, 1.54) is 0 Å². The first-order valence-corrected chi connectivity index (χ1v) is 11.2. The van der Waals surface area contributed by atoms with E-state index < -0.39 is 5.97 Å². The van der Waals surface area contributed by atoms with Crippen molar-refractivity contribution >= 4 is 38.9 Å². The number of aromatic nitrogens is 3. The lowest BCUT2D eigenvalue weighted by Gasteiger charge is -2.25. The summed E-state index contributed by atoms with van der Waals surface area (Å²) in [6.07, 6.45) is 12.6. The Kier molecular flexibility index (Phi) is 5.00. The molecule has 2 aromatic rings. The number of methoxy groups -OCH3 is 1. The normalized spacial score (nSPS) is 27.7. The first-order valence-electron chi connectivity index (χ1n) is 10.4. The van der Waals surface area contributed by atoms with Gasteiger partial charge in [-0.2, -0.15) is 0 Å². The van der Waals surface area contributed by atoms with Crippen molar-refractivity contribution in [1.82, 2.24) is 19.7 Å². The van der Waals surface area contributed by atoms with E-state index in [2.05, 4.69) is 32.3 Å². The lowest BCUT2D eigenvalue weighted by atomic mass is 9.81. The van der Waals surface area contributed by atoms with Crippen LogP contribution in [0.2, 0.25) is 0 Å². The average molecular weight is 486 g/mol. The smallest absolute Gasteiger partial charge is 0.306 e. The van der Waals surface area contributed by atoms with Crippen molar-refractivity contribution in [2.45, 2.75) is 37.6 Å². The van der Waals surface area contributed by atoms with Crippen molar-refractivity contribution in [2.24, 2.45) is 11.8 Å². The molecule has 8 nitrogen and oxygen atoms in total. The third-order valence-corrected chi connectivity index (χ3v) is 7.38. The molecule has 9 heteroatoms. The molecule has 4 N–H and O–H groups in total. The average Bonchev–Trinajstić information content (AvgIpc) is 3.38. The number of nitrogens with two attached hydrogens (primary N) is 1. The van der Waals surface area contributed by atoms with Gasteiger partial charge in [0.05, 0.1) is 24.8 Å². The van der Waals surface area contributed by atoms with Crippen LogP contribution in [0.3, 0.4) is 0 Å². The molecule has 0 saturated heterocycles. The number of allylic oxidation sites excluding steroid dienone is 2. The second-order valence-electron chi connectivity index (χ2n) is 8.29. The predicted molar refractivity (Wildman–Crippen MR) is 120 cm³/mol. The molecule has 1 saturated carbocycles. The highest BCUT2D eigenvalue weighted by molar-refractivity contribution is 9.11. The molecule has 2 aromatic heterocycles. The maximum atomic E-state index is 11.3. The molecule has 2 aliphatic carbocycles. The predicted octanol–water partition coefficient (Wildman–Crippen LogP) is 3.42. The summed E-state index contributed by atoms with van der Waals surface area (Å²) in [6, 6.07) is -0.0107. The number of carbonyl (C=O) groups is 1. The SMILES string of the molecule is COC1=CC=C(Br)C2C=C(c3nc(C4CCC(C(=O)O)CC4)n4ccnc(N)c34)NC12. The fourth-order valence-corrected chi connectivity index (χ4v) is 5.48. The Morgan fingerprint density at radius 2 is 2.10 bits per heavy atom. The highest BCUT2D eigenvalue weighted by Gasteiger charge is 2.37. The largest absolute Gasteiger partial charge is 0.499 e. The molecule has 3 heterocycles. The van der Waals surface area contributed by atoms with Crippen LogP contribution < -0.4 is 11.1 Å². The van der Waals surface area contributed by atoms with Crippen LogP contribution in [-0.4, -0.2) is 38.6 Å². The van der Waals surface area contributed by atoms with Crippen molar-refractivity contribution < 1.29 is 14.6 Å². The minimum absolute atomic E-state index is 0.0107. The fraction of sp³-hybridized carbons (Fsp3) is 0.409. The van der Waals surface area contributed by atoms with Gasteiger partial charge in [0.2, 0.25) is 0 Å². The van der Waals surface area contributed by atoms with E-state index >= 15 is 0 Å². The van der Waals surface area contributed by atoms with Gasteiger partial charge in [0.1, 0.15) is 28.6 Å². The van der Waals surface area contributed by atoms with Crippen LogP contribution in [0.25, 0.3) is 11.2 Å². The highest BCUT2D eigenvalue weighted by Crippen LogP contribution is 2.41. The lowest BCUT2D eigenvalue weighted by Crippen LogP contribution is -2.32. The Morgan fingerprint density at radius 3 is 2.81 bits per heavy atom. The van der Waals surface area contributed by atoms with Gasteiger partial charge >= 0.3 is 5.97 Å². The summed E-state index contributed by atoms with van der Waals surface area (Å²) in [5.74, 6) is 1.52. The van der Waals surface area contributed by atoms with E-state index in [9.17, 15) is 9.90 Å². The Morgan fingerprint density at radius 1 is 1.32 bits per heavy atom. The molecule has 2 unspecified atom stereocenters. The number of nitrogen functional groups attached to an aromatic ring is 1. The molecule has 3 aliphatic rings. The van der Waals surface area contributed by atoms with Gasteiger partial charge in [-0.15, -0.1) is 0 Å². The highest BCUT2D eigenvalue weighted by atomic mass is 79.9. The number of hydrogen-bond donors (Lipinski definition) is 3. The van der Waals surface area contributed by atoms with Crippen molar-refractivity contribution in [1.29, 1.82) is 0 Å². The number of hydrogen-bond acceptors (Lipinski definition) is 6. The standard InChI is InChI=1S/C22H24BrN5O3/c1-31-16-7-6-14(23)13-10-15(26-17(13)16)18-19-20(24)25-8-9-28(19)21(27-18)11-2-4-12(5-3-11)22(29)30/h6-13,17,26H,2-5H2,1H3,(H2,24,25)(H,29,30). The van der Waals surface area contributed by atoms with Gasteiger partial charge in [0, 0.05) is 28.7 Å². The molecule has 0 bridgehead atoms. The Labute approximate surface area is 188 Å². The molecule has 162 valence electrons. The van der Waals surface area contributed by atoms with Gasteiger partial charge in [-0.1, -0.05) is 15.9 Å². The summed E-state index contributed by atoms with van der Waals surface area (Å²) in [7, 11) is 1.68. The molecule has 0 amide bonds. The Balaban J connectivity index is 1.54. The van der Waals surface area contributed by atoms with Crippen molar-refractivity contribution in [3.8, 4) is 0 Å². The summed E-state index contributed by atoms with van der Waals surface area (Å²) in [4.78, 5) is 20.7. The van der Waals surface area contributed by atoms with E-state index in [4.69, 9.17) is 15.5 Å². The van der Waals surface area contributed by atoms with Gasteiger partial charge in [0.15, 0.2) is 0 Å². The fourth-order valence-electron chi connectivity index (χ4n) is 4.95. The molecular weight excluding hydrogens is 462 g/mol. The zero-order valence-corrected chi connectivity index (χ0v) is 18.7. The van der Waals surface area contributed by atoms with Crippen LogP contribution in [0.4, 0.5) is 5.82 Å². The van der Waals surface area contributed by atoms with Crippen LogP contribution in [0, 0.1) is 11.8 Å². The maximum absolute atomic E-state index is 11.3. The zero-order chi connectivity index (χ0) is 21.7. The molecular formula is C22H24BrN5O3. The lowest BCUT2D eigenvalue weighted by molar-refractivity contribution is -0.142. The van der Waals surface area contributed by atoms with E-state index in [0.29, 0.717) is 18.7 Å². The van der Waals surface area contributed by atoms with E-state index in [1.54, 1.807) is 13.3 Å². The first-order chi connectivity index (χ1) is 15.0. The van der Waals surface area contributed by atoms with E-state index in [-0.39, 0.29) is 23.8 Å². The van der Waals surface area contributed by atoms with E-state index in [0.717, 1.165) is 45.8 Å². The zero-order valence-electron chi connectivity index (χ0n) is 17.1. The summed E-state index contributed by atoms with van der Waals surface area (Å²) < 4.78 is 8.66. The van der Waals surface area contributed by atoms with E-state index in [1.807, 2.05) is 22.7 Å². The monoisotopic (exact) mass is 485 g/mol. The number of anilines is 1. The number of fused-ring (bicyclic) bond motifs is 2. The topological polar surface area (TPSA) is 115 Å². The molecule has 0 spiro atoms. The quantitative estimate of drug-likeness (QED) is 0.607. The number of rotatable bonds is 4. The van der Waals surface area contributed by atoms with Crippen LogP contribution in [0.1, 0.15) is 43.1 Å². The second kappa shape index (κ2) is 7.71. The number of carboxylic acid groups (broad SMARTS) is 1. The number of halogens is 1. The van der Waals surface area contributed by atoms with Gasteiger partial charge in [-0.05, 0) is 43.9 Å². The molecule has 2 atom stereocenters. The van der Waals surface area contributed by atoms with Crippen molar-refractivity contribution in [2.75, 3.05) is 12.8 Å². The number of carboxylic acids is 1. The summed E-state index contributed by atoms with van der Waals surface area (Å²) >= 11 is 3.67. The van der Waals surface area contributed by atoms with Crippen molar-refractivity contribution in [3.05, 3.63) is 52.4 Å². The summed E-state index contributed by atoms with van der Waals surface area (Å²) in [6.45, 7) is 0. The van der Waals surface area contributed by atoms with Crippen LogP contribution in [-0.2, 0) is 9.53 Å². The van der Waals surface area contributed by atoms with Crippen LogP contribution in [0.5, 0.6) is 0 Å². The van der Waals surface area contributed by atoms with Crippen LogP contribution >= 0.6 is 15.9 Å². The minimum Gasteiger partial charge on any atom is -0.499 e. The van der Waals surface area contributed by atoms with Gasteiger partial charge in [0.25, 0.3) is 0 Å². The third kappa shape index (κ3) is 3.31. The third-order valence-electron chi connectivity index (χ3n) is 6.59. The number of imidazole rings is 1. The number of nitrogens with one attached hydrogen (secondary N) is 1. The summed E-state index contributed by atoms with van der Waals surface area (Å²) in [5, 5.41) is 12.9. The maximum Gasteiger partial charge on any atom is 0.306 e. The first kappa shape index (κ1) is 20.1. The Hall–Kier alpha value is -2.81. The minimum atomic E-state index is -0.705. The molecule has 1 fully saturated rings. The van der Waals surface area contributed by atoms with Crippen LogP contribution in [0.15, 0.2) is 40.9 Å². The summed E-state index contributed by atoms with van der Waals surface area (Å²) in [5.41, 5.74) is 8.74. The van der Waals surface area contributed by atoms with Gasteiger partial charge in [-0.3, -0.25) is 9.20 Å². The molecule has 0 radical (unpaired) electrons.